The average molecular weight is 295 g/mol. The van der Waals surface area contributed by atoms with Crippen molar-refractivity contribution in [3.63, 3.8) is 0 Å². The maximum atomic E-state index is 11.3. The van der Waals surface area contributed by atoms with Crippen LogP contribution in [0.3, 0.4) is 0 Å². The van der Waals surface area contributed by atoms with E-state index in [1.807, 2.05) is 31.2 Å². The van der Waals surface area contributed by atoms with Gasteiger partial charge in [-0.1, -0.05) is 35.9 Å². The molecule has 2 rings (SSSR count). The predicted molar refractivity (Wildman–Crippen MR) is 77.1 cm³/mol. The maximum absolute atomic E-state index is 11.3. The third kappa shape index (κ3) is 3.49. The van der Waals surface area contributed by atoms with E-state index in [2.05, 4.69) is 0 Å². The highest BCUT2D eigenvalue weighted by Crippen LogP contribution is 2.25. The van der Waals surface area contributed by atoms with E-state index in [4.69, 9.17) is 27.9 Å². The summed E-state index contributed by atoms with van der Waals surface area (Å²) >= 11 is 11.4. The van der Waals surface area contributed by atoms with Crippen molar-refractivity contribution in [3.8, 4) is 5.75 Å². The smallest absolute Gasteiger partial charge is 0.256 e. The van der Waals surface area contributed by atoms with Crippen molar-refractivity contribution in [1.82, 2.24) is 0 Å². The van der Waals surface area contributed by atoms with Gasteiger partial charge in [0.25, 0.3) is 5.24 Å². The number of halogens is 2. The molecule has 0 aromatic heterocycles. The summed E-state index contributed by atoms with van der Waals surface area (Å²) in [6, 6.07) is 12.7. The van der Waals surface area contributed by atoms with Crippen LogP contribution in [0.1, 0.15) is 21.5 Å². The Kier molecular flexibility index (Phi) is 4.46. The summed E-state index contributed by atoms with van der Waals surface area (Å²) in [5.74, 6) is 0.438. The first-order valence-electron chi connectivity index (χ1n) is 5.74. The molecule has 0 aliphatic heterocycles. The van der Waals surface area contributed by atoms with Crippen molar-refractivity contribution in [1.29, 1.82) is 0 Å². The molecular formula is C15H12Cl2O2. The van der Waals surface area contributed by atoms with E-state index in [0.717, 1.165) is 11.1 Å². The number of carbonyl (C=O) groups is 1. The van der Waals surface area contributed by atoms with Crippen LogP contribution in [0.25, 0.3) is 0 Å². The van der Waals surface area contributed by atoms with Gasteiger partial charge in [-0.25, -0.2) is 0 Å². The molecule has 0 unspecified atom stereocenters. The van der Waals surface area contributed by atoms with Crippen LogP contribution in [-0.2, 0) is 6.61 Å². The standard InChI is InChI=1S/C15H12Cl2O2/c1-10-4-2-3-5-11(10)9-19-14-7-6-12(16)8-13(14)15(17)18/h2-8H,9H2,1H3. The second-order valence-corrected chi connectivity index (χ2v) is 4.91. The molecule has 0 saturated carbocycles. The Balaban J connectivity index is 2.20. The molecule has 0 spiro atoms. The fourth-order valence-electron chi connectivity index (χ4n) is 1.71. The van der Waals surface area contributed by atoms with Crippen molar-refractivity contribution in [2.24, 2.45) is 0 Å². The lowest BCUT2D eigenvalue weighted by molar-refractivity contribution is 0.107. The molecule has 0 saturated heterocycles. The van der Waals surface area contributed by atoms with Crippen LogP contribution < -0.4 is 4.74 Å². The summed E-state index contributed by atoms with van der Waals surface area (Å²) < 4.78 is 5.66. The average Bonchev–Trinajstić information content (AvgIpc) is 2.38. The Labute approximate surface area is 121 Å². The van der Waals surface area contributed by atoms with Crippen molar-refractivity contribution in [2.75, 3.05) is 0 Å². The minimum Gasteiger partial charge on any atom is -0.488 e. The van der Waals surface area contributed by atoms with Gasteiger partial charge in [0, 0.05) is 5.02 Å². The van der Waals surface area contributed by atoms with Gasteiger partial charge in [-0.15, -0.1) is 0 Å². The number of benzene rings is 2. The Hall–Kier alpha value is -1.51. The third-order valence-corrected chi connectivity index (χ3v) is 3.24. The minimum atomic E-state index is -0.581. The largest absolute Gasteiger partial charge is 0.488 e. The second kappa shape index (κ2) is 6.09. The third-order valence-electron chi connectivity index (χ3n) is 2.80. The van der Waals surface area contributed by atoms with Crippen molar-refractivity contribution in [2.45, 2.75) is 13.5 Å². The highest BCUT2D eigenvalue weighted by atomic mass is 35.5. The molecule has 0 aliphatic carbocycles. The molecule has 4 heteroatoms. The summed E-state index contributed by atoms with van der Waals surface area (Å²) in [7, 11) is 0. The fourth-order valence-corrected chi connectivity index (χ4v) is 2.03. The zero-order valence-corrected chi connectivity index (χ0v) is 11.8. The molecule has 0 radical (unpaired) electrons. The van der Waals surface area contributed by atoms with Crippen LogP contribution in [0.2, 0.25) is 5.02 Å². The number of aryl methyl sites for hydroxylation is 1. The summed E-state index contributed by atoms with van der Waals surface area (Å²) in [5, 5.41) is -0.130. The normalized spacial score (nSPS) is 10.3. The van der Waals surface area contributed by atoms with E-state index >= 15 is 0 Å². The molecule has 2 nitrogen and oxygen atoms in total. The Morgan fingerprint density at radius 3 is 2.63 bits per heavy atom. The first kappa shape index (κ1) is 13.9. The van der Waals surface area contributed by atoms with Gasteiger partial charge in [0.2, 0.25) is 0 Å². The topological polar surface area (TPSA) is 26.3 Å². The van der Waals surface area contributed by atoms with E-state index < -0.39 is 5.24 Å². The van der Waals surface area contributed by atoms with Gasteiger partial charge < -0.3 is 4.74 Å². The fraction of sp³-hybridized carbons (Fsp3) is 0.133. The molecule has 0 amide bonds. The first-order valence-corrected chi connectivity index (χ1v) is 6.50. The van der Waals surface area contributed by atoms with Gasteiger partial charge >= 0.3 is 0 Å². The highest BCUT2D eigenvalue weighted by Gasteiger charge is 2.11. The van der Waals surface area contributed by atoms with Gasteiger partial charge in [-0.3, -0.25) is 4.79 Å². The highest BCUT2D eigenvalue weighted by molar-refractivity contribution is 6.68. The number of hydrogen-bond acceptors (Lipinski definition) is 2. The molecule has 19 heavy (non-hydrogen) atoms. The van der Waals surface area contributed by atoms with E-state index in [0.29, 0.717) is 17.4 Å². The first-order chi connectivity index (χ1) is 9.08. The van der Waals surface area contributed by atoms with Crippen LogP contribution >= 0.6 is 23.2 Å². The molecule has 0 bridgehead atoms. The quantitative estimate of drug-likeness (QED) is 0.770. The molecule has 0 fully saturated rings. The molecule has 2 aromatic rings. The van der Waals surface area contributed by atoms with Gasteiger partial charge in [0.15, 0.2) is 0 Å². The zero-order valence-electron chi connectivity index (χ0n) is 10.3. The van der Waals surface area contributed by atoms with Crippen LogP contribution in [0.15, 0.2) is 42.5 Å². The second-order valence-electron chi connectivity index (χ2n) is 4.13. The molecule has 98 valence electrons. The minimum absolute atomic E-state index is 0.280. The van der Waals surface area contributed by atoms with Crippen LogP contribution in [0.5, 0.6) is 5.75 Å². The lowest BCUT2D eigenvalue weighted by Crippen LogP contribution is -2.01. The number of hydrogen-bond donors (Lipinski definition) is 0. The van der Waals surface area contributed by atoms with E-state index in [-0.39, 0.29) is 5.56 Å². The van der Waals surface area contributed by atoms with Gasteiger partial charge in [-0.05, 0) is 47.9 Å². The van der Waals surface area contributed by atoms with E-state index in [1.54, 1.807) is 12.1 Å². The van der Waals surface area contributed by atoms with Crippen molar-refractivity contribution >= 4 is 28.4 Å². The van der Waals surface area contributed by atoms with Gasteiger partial charge in [-0.2, -0.15) is 0 Å². The molecule has 0 heterocycles. The summed E-state index contributed by atoms with van der Waals surface area (Å²) in [6.07, 6.45) is 0. The molecule has 2 aromatic carbocycles. The molecular weight excluding hydrogens is 283 g/mol. The molecule has 0 aliphatic rings. The Bertz CT molecular complexity index is 609. The van der Waals surface area contributed by atoms with Crippen LogP contribution in [-0.4, -0.2) is 5.24 Å². The summed E-state index contributed by atoms with van der Waals surface area (Å²) in [5.41, 5.74) is 2.48. The van der Waals surface area contributed by atoms with Gasteiger partial charge in [0.1, 0.15) is 12.4 Å². The number of carbonyl (C=O) groups excluding carboxylic acids is 1. The predicted octanol–water partition coefficient (Wildman–Crippen LogP) is 4.61. The molecule has 0 atom stereocenters. The summed E-state index contributed by atoms with van der Waals surface area (Å²) in [6.45, 7) is 2.39. The SMILES string of the molecule is Cc1ccccc1COc1ccc(Cl)cc1C(=O)Cl. The van der Waals surface area contributed by atoms with Gasteiger partial charge in [0.05, 0.1) is 5.56 Å². The van der Waals surface area contributed by atoms with Crippen molar-refractivity contribution in [3.05, 3.63) is 64.2 Å². The number of ether oxygens (including phenoxy) is 1. The lowest BCUT2D eigenvalue weighted by atomic mass is 10.1. The van der Waals surface area contributed by atoms with E-state index in [9.17, 15) is 4.79 Å². The number of rotatable bonds is 4. The van der Waals surface area contributed by atoms with Crippen molar-refractivity contribution < 1.29 is 9.53 Å². The zero-order chi connectivity index (χ0) is 13.8. The Morgan fingerprint density at radius 1 is 1.21 bits per heavy atom. The Morgan fingerprint density at radius 2 is 1.95 bits per heavy atom. The molecule has 0 N–H and O–H groups in total. The summed E-state index contributed by atoms with van der Waals surface area (Å²) in [4.78, 5) is 11.3. The maximum Gasteiger partial charge on any atom is 0.256 e. The monoisotopic (exact) mass is 294 g/mol. The lowest BCUT2D eigenvalue weighted by Gasteiger charge is -2.11. The van der Waals surface area contributed by atoms with Crippen LogP contribution in [0.4, 0.5) is 0 Å². The van der Waals surface area contributed by atoms with E-state index in [1.165, 1.54) is 6.07 Å². The van der Waals surface area contributed by atoms with Crippen LogP contribution in [0, 0.1) is 6.92 Å².